The van der Waals surface area contributed by atoms with Crippen molar-refractivity contribution in [3.8, 4) is 5.75 Å². The average molecular weight is 289 g/mol. The third kappa shape index (κ3) is 3.71. The van der Waals surface area contributed by atoms with E-state index in [4.69, 9.17) is 9.47 Å². The molecule has 114 valence electrons. The van der Waals surface area contributed by atoms with Crippen molar-refractivity contribution in [2.75, 3.05) is 32.9 Å². The van der Waals surface area contributed by atoms with Crippen molar-refractivity contribution in [3.63, 3.8) is 0 Å². The van der Waals surface area contributed by atoms with E-state index in [0.717, 1.165) is 18.8 Å². The van der Waals surface area contributed by atoms with E-state index >= 15 is 0 Å². The number of carbonyl (C=O) groups excluding carboxylic acids is 1. The number of hydrogen-bond acceptors (Lipinski definition) is 4. The van der Waals surface area contributed by atoms with Gasteiger partial charge in [0.1, 0.15) is 12.4 Å². The predicted molar refractivity (Wildman–Crippen MR) is 82.9 cm³/mol. The van der Waals surface area contributed by atoms with E-state index in [-0.39, 0.29) is 5.78 Å². The number of Topliss-reactive ketones (excluding diaryl/α,β-unsaturated/α-hetero) is 1. The zero-order valence-corrected chi connectivity index (χ0v) is 12.8. The Kier molecular flexibility index (Phi) is 5.15. The lowest BCUT2D eigenvalue weighted by Crippen LogP contribution is -2.54. The Bertz CT molecular complexity index is 487. The molecule has 1 aliphatic heterocycles. The third-order valence-electron chi connectivity index (χ3n) is 3.84. The molecule has 0 amide bonds. The van der Waals surface area contributed by atoms with Gasteiger partial charge in [-0.05, 0) is 38.1 Å². The van der Waals surface area contributed by atoms with Gasteiger partial charge in [0.2, 0.25) is 0 Å². The van der Waals surface area contributed by atoms with Crippen molar-refractivity contribution >= 4 is 5.78 Å². The SMILES string of the molecule is C=CCOc1ccc(C(=O)C(C)(C)N2CCOCC2)cc1. The highest BCUT2D eigenvalue weighted by Gasteiger charge is 2.35. The van der Waals surface area contributed by atoms with Crippen LogP contribution in [0.2, 0.25) is 0 Å². The molecule has 1 saturated heterocycles. The summed E-state index contributed by atoms with van der Waals surface area (Å²) in [7, 11) is 0. The number of ketones is 1. The van der Waals surface area contributed by atoms with Crippen LogP contribution in [0.3, 0.4) is 0 Å². The van der Waals surface area contributed by atoms with Crippen molar-refractivity contribution in [2.24, 2.45) is 0 Å². The summed E-state index contributed by atoms with van der Waals surface area (Å²) in [4.78, 5) is 14.9. The molecule has 0 N–H and O–H groups in total. The highest BCUT2D eigenvalue weighted by molar-refractivity contribution is 6.02. The van der Waals surface area contributed by atoms with Crippen molar-refractivity contribution < 1.29 is 14.3 Å². The number of nitrogens with zero attached hydrogens (tertiary/aromatic N) is 1. The van der Waals surface area contributed by atoms with Gasteiger partial charge in [-0.2, -0.15) is 0 Å². The molecule has 0 unspecified atom stereocenters. The maximum absolute atomic E-state index is 12.8. The molecule has 0 atom stereocenters. The normalized spacial score (nSPS) is 16.5. The van der Waals surface area contributed by atoms with Crippen LogP contribution in [0.15, 0.2) is 36.9 Å². The van der Waals surface area contributed by atoms with E-state index in [9.17, 15) is 4.79 Å². The van der Waals surface area contributed by atoms with Crippen LogP contribution in [0.1, 0.15) is 24.2 Å². The Hall–Kier alpha value is -1.65. The maximum Gasteiger partial charge on any atom is 0.182 e. The minimum Gasteiger partial charge on any atom is -0.490 e. The zero-order valence-electron chi connectivity index (χ0n) is 12.8. The quantitative estimate of drug-likeness (QED) is 0.596. The third-order valence-corrected chi connectivity index (χ3v) is 3.84. The van der Waals surface area contributed by atoms with Gasteiger partial charge in [0, 0.05) is 18.7 Å². The van der Waals surface area contributed by atoms with Crippen molar-refractivity contribution in [1.29, 1.82) is 0 Å². The number of rotatable bonds is 6. The number of morpholine rings is 1. The van der Waals surface area contributed by atoms with Crippen LogP contribution in [0.5, 0.6) is 5.75 Å². The Balaban J connectivity index is 2.08. The lowest BCUT2D eigenvalue weighted by molar-refractivity contribution is -0.00429. The van der Waals surface area contributed by atoms with Crippen molar-refractivity contribution in [2.45, 2.75) is 19.4 Å². The molecule has 0 saturated carbocycles. The summed E-state index contributed by atoms with van der Waals surface area (Å²) in [5.74, 6) is 0.871. The van der Waals surface area contributed by atoms with Gasteiger partial charge in [-0.25, -0.2) is 0 Å². The molecule has 2 rings (SSSR count). The first-order valence-electron chi connectivity index (χ1n) is 7.27. The van der Waals surface area contributed by atoms with E-state index in [1.54, 1.807) is 6.08 Å². The number of ether oxygens (including phenoxy) is 2. The van der Waals surface area contributed by atoms with Gasteiger partial charge in [0.25, 0.3) is 0 Å². The molecule has 1 aromatic carbocycles. The number of hydrogen-bond donors (Lipinski definition) is 0. The monoisotopic (exact) mass is 289 g/mol. The summed E-state index contributed by atoms with van der Waals surface area (Å²) in [5.41, 5.74) is 0.185. The Morgan fingerprint density at radius 3 is 2.52 bits per heavy atom. The molecule has 0 bridgehead atoms. The lowest BCUT2D eigenvalue weighted by Gasteiger charge is -2.39. The molecule has 0 radical (unpaired) electrons. The number of carbonyl (C=O) groups is 1. The average Bonchev–Trinajstić information content (AvgIpc) is 2.53. The van der Waals surface area contributed by atoms with Gasteiger partial charge in [-0.3, -0.25) is 9.69 Å². The number of benzene rings is 1. The maximum atomic E-state index is 12.8. The fourth-order valence-electron chi connectivity index (χ4n) is 2.48. The predicted octanol–water partition coefficient (Wildman–Crippen LogP) is 2.54. The van der Waals surface area contributed by atoms with Gasteiger partial charge in [0.15, 0.2) is 5.78 Å². The Morgan fingerprint density at radius 2 is 1.95 bits per heavy atom. The van der Waals surface area contributed by atoms with Crippen LogP contribution < -0.4 is 4.74 Å². The molecule has 4 nitrogen and oxygen atoms in total. The second-order valence-electron chi connectivity index (χ2n) is 5.61. The zero-order chi connectivity index (χ0) is 15.3. The van der Waals surface area contributed by atoms with Gasteiger partial charge < -0.3 is 9.47 Å². The highest BCUT2D eigenvalue weighted by atomic mass is 16.5. The molecule has 0 aliphatic carbocycles. The van der Waals surface area contributed by atoms with Crippen LogP contribution in [0, 0.1) is 0 Å². The molecular formula is C17H23NO3. The van der Waals surface area contributed by atoms with Gasteiger partial charge in [0.05, 0.1) is 18.8 Å². The molecule has 1 aromatic rings. The minimum absolute atomic E-state index is 0.125. The van der Waals surface area contributed by atoms with Crippen molar-refractivity contribution in [1.82, 2.24) is 4.90 Å². The van der Waals surface area contributed by atoms with E-state index in [1.807, 2.05) is 38.1 Å². The van der Waals surface area contributed by atoms with E-state index in [0.29, 0.717) is 25.4 Å². The second-order valence-corrected chi connectivity index (χ2v) is 5.61. The largest absolute Gasteiger partial charge is 0.490 e. The van der Waals surface area contributed by atoms with E-state index in [1.165, 1.54) is 0 Å². The summed E-state index contributed by atoms with van der Waals surface area (Å²) >= 11 is 0. The van der Waals surface area contributed by atoms with Crippen molar-refractivity contribution in [3.05, 3.63) is 42.5 Å². The molecule has 1 heterocycles. The Labute approximate surface area is 126 Å². The van der Waals surface area contributed by atoms with Crippen LogP contribution in [-0.4, -0.2) is 49.1 Å². The lowest BCUT2D eigenvalue weighted by atomic mass is 9.91. The van der Waals surface area contributed by atoms with Gasteiger partial charge >= 0.3 is 0 Å². The van der Waals surface area contributed by atoms with Gasteiger partial charge in [-0.1, -0.05) is 12.7 Å². The fraction of sp³-hybridized carbons (Fsp3) is 0.471. The standard InChI is InChI=1S/C17H23NO3/c1-4-11-21-15-7-5-14(6-8-15)16(19)17(2,3)18-9-12-20-13-10-18/h4-8H,1,9-13H2,2-3H3. The Morgan fingerprint density at radius 1 is 1.33 bits per heavy atom. The molecule has 21 heavy (non-hydrogen) atoms. The second kappa shape index (κ2) is 6.87. The minimum atomic E-state index is -0.521. The molecule has 0 aromatic heterocycles. The molecule has 0 spiro atoms. The van der Waals surface area contributed by atoms with Crippen LogP contribution in [-0.2, 0) is 4.74 Å². The smallest absolute Gasteiger partial charge is 0.182 e. The fourth-order valence-corrected chi connectivity index (χ4v) is 2.48. The topological polar surface area (TPSA) is 38.8 Å². The molecule has 1 fully saturated rings. The van der Waals surface area contributed by atoms with Crippen LogP contribution in [0.25, 0.3) is 0 Å². The summed E-state index contributed by atoms with van der Waals surface area (Å²) in [6.07, 6.45) is 1.70. The van der Waals surface area contributed by atoms with E-state index in [2.05, 4.69) is 11.5 Å². The first-order chi connectivity index (χ1) is 10.1. The molecule has 4 heteroatoms. The van der Waals surface area contributed by atoms with Crippen LogP contribution in [0.4, 0.5) is 0 Å². The summed E-state index contributed by atoms with van der Waals surface area (Å²) < 4.78 is 10.8. The van der Waals surface area contributed by atoms with Gasteiger partial charge in [-0.15, -0.1) is 0 Å². The highest BCUT2D eigenvalue weighted by Crippen LogP contribution is 2.23. The molecule has 1 aliphatic rings. The van der Waals surface area contributed by atoms with Crippen LogP contribution >= 0.6 is 0 Å². The summed E-state index contributed by atoms with van der Waals surface area (Å²) in [5, 5.41) is 0. The summed E-state index contributed by atoms with van der Waals surface area (Å²) in [6.45, 7) is 11.0. The first-order valence-corrected chi connectivity index (χ1v) is 7.27. The van der Waals surface area contributed by atoms with E-state index < -0.39 is 5.54 Å². The summed E-state index contributed by atoms with van der Waals surface area (Å²) in [6, 6.07) is 7.30. The molecular weight excluding hydrogens is 266 g/mol. The first kappa shape index (κ1) is 15.7.